The quantitative estimate of drug-likeness (QED) is 0.850. The van der Waals surface area contributed by atoms with Crippen molar-refractivity contribution in [2.75, 3.05) is 4.72 Å². The molecule has 0 aliphatic carbocycles. The van der Waals surface area contributed by atoms with Crippen LogP contribution in [0.5, 0.6) is 0 Å². The maximum Gasteiger partial charge on any atom is 0.263 e. The Hall–Kier alpha value is -1.51. The van der Waals surface area contributed by atoms with Gasteiger partial charge in [-0.15, -0.1) is 11.3 Å². The van der Waals surface area contributed by atoms with Crippen LogP contribution in [0.2, 0.25) is 0 Å². The zero-order valence-electron chi connectivity index (χ0n) is 11.2. The van der Waals surface area contributed by atoms with Crippen molar-refractivity contribution in [2.45, 2.75) is 31.3 Å². The molecule has 0 bridgehead atoms. The van der Waals surface area contributed by atoms with Gasteiger partial charge in [0, 0.05) is 17.5 Å². The number of aromatic nitrogens is 2. The Kier molecular flexibility index (Phi) is 4.69. The van der Waals surface area contributed by atoms with E-state index in [1.165, 1.54) is 30.1 Å². The fourth-order valence-electron chi connectivity index (χ4n) is 1.56. The lowest BCUT2D eigenvalue weighted by atomic mass is 10.4. The zero-order valence-corrected chi connectivity index (χ0v) is 12.8. The highest BCUT2D eigenvalue weighted by atomic mass is 32.2. The zero-order chi connectivity index (χ0) is 14.6. The first-order valence-corrected chi connectivity index (χ1v) is 8.43. The molecule has 0 amide bonds. The van der Waals surface area contributed by atoms with E-state index in [1.807, 2.05) is 13.8 Å². The highest BCUT2D eigenvalue weighted by molar-refractivity contribution is 7.93. The third-order valence-electron chi connectivity index (χ3n) is 2.48. The highest BCUT2D eigenvalue weighted by Crippen LogP contribution is 2.24. The smallest absolute Gasteiger partial charge is 0.263 e. The van der Waals surface area contributed by atoms with Crippen LogP contribution in [-0.2, 0) is 16.6 Å². The van der Waals surface area contributed by atoms with Gasteiger partial charge in [-0.25, -0.2) is 18.4 Å². The molecule has 108 valence electrons. The predicted molar refractivity (Wildman–Crippen MR) is 79.1 cm³/mol. The van der Waals surface area contributed by atoms with E-state index in [4.69, 9.17) is 0 Å². The molecule has 20 heavy (non-hydrogen) atoms. The van der Waals surface area contributed by atoms with Crippen LogP contribution < -0.4 is 10.0 Å². The lowest BCUT2D eigenvalue weighted by Crippen LogP contribution is -2.23. The summed E-state index contributed by atoms with van der Waals surface area (Å²) in [5, 5.41) is 4.99. The van der Waals surface area contributed by atoms with Crippen molar-refractivity contribution in [1.29, 1.82) is 0 Å². The normalized spacial score (nSPS) is 11.8. The first kappa shape index (κ1) is 14.9. The first-order valence-electron chi connectivity index (χ1n) is 6.06. The second kappa shape index (κ2) is 6.29. The molecule has 2 rings (SSSR count). The van der Waals surface area contributed by atoms with Crippen LogP contribution in [0.3, 0.4) is 0 Å². The van der Waals surface area contributed by atoms with Gasteiger partial charge in [0.15, 0.2) is 0 Å². The molecular weight excluding hydrogens is 296 g/mol. The third-order valence-corrected chi connectivity index (χ3v) is 4.99. The Labute approximate surface area is 122 Å². The average Bonchev–Trinajstić information content (AvgIpc) is 2.86. The molecule has 6 nitrogen and oxygen atoms in total. The van der Waals surface area contributed by atoms with Crippen LogP contribution in [0, 0.1) is 0 Å². The number of hydrogen-bond donors (Lipinski definition) is 2. The summed E-state index contributed by atoms with van der Waals surface area (Å²) in [6, 6.07) is 1.90. The van der Waals surface area contributed by atoms with Gasteiger partial charge in [0.25, 0.3) is 10.0 Å². The maximum atomic E-state index is 12.3. The fourth-order valence-corrected chi connectivity index (χ4v) is 3.98. The number of thiophene rings is 1. The van der Waals surface area contributed by atoms with Crippen LogP contribution in [0.1, 0.15) is 18.7 Å². The van der Waals surface area contributed by atoms with Crippen molar-refractivity contribution in [3.63, 3.8) is 0 Å². The monoisotopic (exact) mass is 312 g/mol. The summed E-state index contributed by atoms with van der Waals surface area (Å²) in [5.41, 5.74) is 0.349. The van der Waals surface area contributed by atoms with Gasteiger partial charge in [-0.2, -0.15) is 0 Å². The van der Waals surface area contributed by atoms with Crippen molar-refractivity contribution in [3.05, 3.63) is 35.0 Å². The minimum Gasteiger partial charge on any atom is -0.310 e. The van der Waals surface area contributed by atoms with Crippen molar-refractivity contribution in [2.24, 2.45) is 0 Å². The van der Waals surface area contributed by atoms with Gasteiger partial charge in [-0.3, -0.25) is 4.72 Å². The molecule has 0 spiro atoms. The van der Waals surface area contributed by atoms with Gasteiger partial charge in [0.1, 0.15) is 11.2 Å². The largest absolute Gasteiger partial charge is 0.310 e. The minimum absolute atomic E-state index is 0.291. The van der Waals surface area contributed by atoms with Crippen molar-refractivity contribution in [1.82, 2.24) is 15.3 Å². The highest BCUT2D eigenvalue weighted by Gasteiger charge is 2.20. The van der Waals surface area contributed by atoms with E-state index in [2.05, 4.69) is 20.0 Å². The second-order valence-electron chi connectivity index (χ2n) is 4.48. The lowest BCUT2D eigenvalue weighted by molar-refractivity contribution is 0.581. The van der Waals surface area contributed by atoms with Crippen LogP contribution in [0.15, 0.2) is 35.1 Å². The van der Waals surface area contributed by atoms with E-state index in [0.29, 0.717) is 23.2 Å². The second-order valence-corrected chi connectivity index (χ2v) is 7.13. The Balaban J connectivity index is 2.20. The standard InChI is InChI=1S/C12H16N4O2S2/c1-9(2)15-7-11-12(3-4-19-11)20(17,18)16-10-5-13-8-14-6-10/h3-6,8-9,15-16H,7H2,1-2H3. The van der Waals surface area contributed by atoms with Crippen molar-refractivity contribution < 1.29 is 8.42 Å². The van der Waals surface area contributed by atoms with Crippen molar-refractivity contribution in [3.8, 4) is 0 Å². The Morgan fingerprint density at radius 3 is 2.65 bits per heavy atom. The molecule has 2 aromatic heterocycles. The number of nitrogens with one attached hydrogen (secondary N) is 2. The van der Waals surface area contributed by atoms with E-state index < -0.39 is 10.0 Å². The number of rotatable bonds is 6. The van der Waals surface area contributed by atoms with Gasteiger partial charge < -0.3 is 5.32 Å². The predicted octanol–water partition coefficient (Wildman–Crippen LogP) is 1.84. The van der Waals surface area contributed by atoms with Gasteiger partial charge in [0.2, 0.25) is 0 Å². The number of hydrogen-bond acceptors (Lipinski definition) is 6. The molecule has 0 fully saturated rings. The van der Waals surface area contributed by atoms with E-state index in [9.17, 15) is 8.42 Å². The molecule has 0 aliphatic rings. The Morgan fingerprint density at radius 2 is 2.00 bits per heavy atom. The van der Waals surface area contributed by atoms with Crippen molar-refractivity contribution >= 4 is 27.0 Å². The molecule has 0 saturated heterocycles. The van der Waals surface area contributed by atoms with Gasteiger partial charge in [-0.1, -0.05) is 13.8 Å². The summed E-state index contributed by atoms with van der Waals surface area (Å²) in [7, 11) is -3.61. The topological polar surface area (TPSA) is 84.0 Å². The van der Waals surface area contributed by atoms with E-state index in [0.717, 1.165) is 4.88 Å². The van der Waals surface area contributed by atoms with E-state index in [1.54, 1.807) is 11.4 Å². The van der Waals surface area contributed by atoms with Gasteiger partial charge >= 0.3 is 0 Å². The molecule has 2 heterocycles. The summed E-state index contributed by atoms with van der Waals surface area (Å²) >= 11 is 1.42. The summed E-state index contributed by atoms with van der Waals surface area (Å²) < 4.78 is 27.2. The maximum absolute atomic E-state index is 12.3. The molecule has 2 aromatic rings. The molecule has 0 saturated carbocycles. The van der Waals surface area contributed by atoms with Crippen LogP contribution in [-0.4, -0.2) is 24.4 Å². The molecule has 0 radical (unpaired) electrons. The van der Waals surface area contributed by atoms with E-state index in [-0.39, 0.29) is 0 Å². The number of anilines is 1. The molecule has 0 aromatic carbocycles. The van der Waals surface area contributed by atoms with Gasteiger partial charge in [0.05, 0.1) is 18.1 Å². The fraction of sp³-hybridized carbons (Fsp3) is 0.333. The molecule has 0 atom stereocenters. The molecule has 8 heteroatoms. The Bertz CT molecular complexity index is 653. The summed E-state index contributed by atoms with van der Waals surface area (Å²) in [5.74, 6) is 0. The van der Waals surface area contributed by atoms with Crippen LogP contribution in [0.25, 0.3) is 0 Å². The third kappa shape index (κ3) is 3.75. The van der Waals surface area contributed by atoms with Gasteiger partial charge in [-0.05, 0) is 11.4 Å². The van der Waals surface area contributed by atoms with Crippen LogP contribution in [0.4, 0.5) is 5.69 Å². The number of sulfonamides is 1. The summed E-state index contributed by atoms with van der Waals surface area (Å²) in [4.78, 5) is 8.64. The SMILES string of the molecule is CC(C)NCc1sccc1S(=O)(=O)Nc1cncnc1. The summed E-state index contributed by atoms with van der Waals surface area (Å²) in [6.07, 6.45) is 4.19. The average molecular weight is 312 g/mol. The Morgan fingerprint density at radius 1 is 1.30 bits per heavy atom. The summed E-state index contributed by atoms with van der Waals surface area (Å²) in [6.45, 7) is 4.56. The molecule has 2 N–H and O–H groups in total. The van der Waals surface area contributed by atoms with Crippen LogP contribution >= 0.6 is 11.3 Å². The molecule has 0 unspecified atom stereocenters. The minimum atomic E-state index is -3.61. The lowest BCUT2D eigenvalue weighted by Gasteiger charge is -2.10. The molecule has 0 aliphatic heterocycles. The van der Waals surface area contributed by atoms with E-state index >= 15 is 0 Å². The first-order chi connectivity index (χ1) is 9.49. The number of nitrogens with zero attached hydrogens (tertiary/aromatic N) is 2. The molecular formula is C12H16N4O2S2.